The summed E-state index contributed by atoms with van der Waals surface area (Å²) in [5.74, 6) is -1.39. The van der Waals surface area contributed by atoms with Gasteiger partial charge in [-0.2, -0.15) is 0 Å². The number of anilines is 1. The van der Waals surface area contributed by atoms with Crippen LogP contribution in [0.2, 0.25) is 0 Å². The third-order valence-electron chi connectivity index (χ3n) is 5.14. The van der Waals surface area contributed by atoms with Crippen molar-refractivity contribution in [2.45, 2.75) is 6.92 Å². The van der Waals surface area contributed by atoms with Gasteiger partial charge in [-0.15, -0.1) is 0 Å². The summed E-state index contributed by atoms with van der Waals surface area (Å²) in [6.45, 7) is 1.73. The molecule has 0 saturated carbocycles. The average Bonchev–Trinajstić information content (AvgIpc) is 3.08. The van der Waals surface area contributed by atoms with Gasteiger partial charge in [0.05, 0.1) is 22.5 Å². The summed E-state index contributed by atoms with van der Waals surface area (Å²) >= 11 is 0. The van der Waals surface area contributed by atoms with Gasteiger partial charge in [0.1, 0.15) is 5.69 Å². The smallest absolute Gasteiger partial charge is 0.295 e. The number of amides is 3. The molecule has 0 spiro atoms. The normalized spacial score (nSPS) is 13.0. The molecule has 8 nitrogen and oxygen atoms in total. The van der Waals surface area contributed by atoms with E-state index < -0.39 is 17.7 Å². The van der Waals surface area contributed by atoms with Crippen LogP contribution in [-0.2, 0) is 7.05 Å². The van der Waals surface area contributed by atoms with Crippen molar-refractivity contribution in [1.29, 1.82) is 0 Å². The third-order valence-corrected chi connectivity index (χ3v) is 5.14. The van der Waals surface area contributed by atoms with Crippen LogP contribution < -0.4 is 10.9 Å². The van der Waals surface area contributed by atoms with E-state index in [0.29, 0.717) is 11.4 Å². The second-order valence-corrected chi connectivity index (χ2v) is 6.82. The van der Waals surface area contributed by atoms with Gasteiger partial charge in [0, 0.05) is 19.7 Å². The quantitative estimate of drug-likeness (QED) is 0.692. The van der Waals surface area contributed by atoms with Crippen LogP contribution in [-0.4, -0.2) is 39.0 Å². The first-order chi connectivity index (χ1) is 13.8. The van der Waals surface area contributed by atoms with Crippen molar-refractivity contribution in [3.63, 3.8) is 0 Å². The van der Waals surface area contributed by atoms with E-state index in [1.54, 1.807) is 30.8 Å². The van der Waals surface area contributed by atoms with Crippen LogP contribution in [0.3, 0.4) is 0 Å². The van der Waals surface area contributed by atoms with Gasteiger partial charge in [0.25, 0.3) is 23.3 Å². The lowest BCUT2D eigenvalue weighted by Gasteiger charge is -2.07. The van der Waals surface area contributed by atoms with E-state index in [1.807, 2.05) is 18.2 Å². The minimum atomic E-state index is -0.534. The summed E-state index contributed by atoms with van der Waals surface area (Å²) in [6, 6.07) is 13.4. The molecule has 1 N–H and O–H groups in total. The first-order valence-corrected chi connectivity index (χ1v) is 8.93. The van der Waals surface area contributed by atoms with Crippen LogP contribution in [0.15, 0.2) is 53.3 Å². The van der Waals surface area contributed by atoms with Crippen LogP contribution in [0, 0.1) is 6.92 Å². The Balaban J connectivity index is 1.70. The van der Waals surface area contributed by atoms with E-state index in [0.717, 1.165) is 4.90 Å². The van der Waals surface area contributed by atoms with Crippen molar-refractivity contribution in [1.82, 2.24) is 14.3 Å². The van der Waals surface area contributed by atoms with Crippen molar-refractivity contribution in [2.24, 2.45) is 7.05 Å². The second kappa shape index (κ2) is 6.59. The zero-order chi connectivity index (χ0) is 20.9. The Hall–Kier alpha value is -3.94. The lowest BCUT2D eigenvalue weighted by atomic mass is 10.1. The zero-order valence-electron chi connectivity index (χ0n) is 16.1. The van der Waals surface area contributed by atoms with Gasteiger partial charge in [0.2, 0.25) is 0 Å². The highest BCUT2D eigenvalue weighted by Gasteiger charge is 2.33. The van der Waals surface area contributed by atoms with Gasteiger partial charge in [0.15, 0.2) is 0 Å². The standard InChI is InChI=1S/C21H18N4O4/c1-12-17(21(29)25(24(12)3)14-7-5-4-6-8-14)22-18(26)13-9-10-15-16(11-13)20(28)23(2)19(15)27/h4-11H,1-3H3,(H,22,26). The van der Waals surface area contributed by atoms with Crippen molar-refractivity contribution in [2.75, 3.05) is 12.4 Å². The topological polar surface area (TPSA) is 93.4 Å². The molecule has 146 valence electrons. The highest BCUT2D eigenvalue weighted by molar-refractivity contribution is 6.22. The van der Waals surface area contributed by atoms with E-state index in [-0.39, 0.29) is 27.9 Å². The van der Waals surface area contributed by atoms with E-state index in [4.69, 9.17) is 0 Å². The van der Waals surface area contributed by atoms with Crippen LogP contribution in [0.4, 0.5) is 5.69 Å². The summed E-state index contributed by atoms with van der Waals surface area (Å²) < 4.78 is 3.12. The van der Waals surface area contributed by atoms with E-state index >= 15 is 0 Å². The molecule has 4 rings (SSSR count). The molecule has 0 unspecified atom stereocenters. The third kappa shape index (κ3) is 2.77. The number of nitrogens with zero attached hydrogens (tertiary/aromatic N) is 3. The van der Waals surface area contributed by atoms with E-state index in [1.165, 1.54) is 29.9 Å². The number of benzene rings is 2. The summed E-state index contributed by atoms with van der Waals surface area (Å²) in [5, 5.41) is 2.65. The van der Waals surface area contributed by atoms with Gasteiger partial charge < -0.3 is 5.32 Å². The lowest BCUT2D eigenvalue weighted by molar-refractivity contribution is 0.0693. The molecule has 3 amide bonds. The predicted octanol–water partition coefficient (Wildman–Crippen LogP) is 1.96. The number of carbonyl (C=O) groups excluding carboxylic acids is 3. The number of rotatable bonds is 3. The van der Waals surface area contributed by atoms with Gasteiger partial charge in [-0.1, -0.05) is 18.2 Å². The fourth-order valence-electron chi connectivity index (χ4n) is 3.40. The maximum Gasteiger partial charge on any atom is 0.295 e. The number of para-hydroxylation sites is 1. The predicted molar refractivity (Wildman–Crippen MR) is 107 cm³/mol. The molecule has 0 atom stereocenters. The maximum atomic E-state index is 12.9. The molecule has 29 heavy (non-hydrogen) atoms. The molecule has 1 aliphatic rings. The van der Waals surface area contributed by atoms with Crippen molar-refractivity contribution in [3.05, 3.63) is 81.3 Å². The molecule has 2 aromatic carbocycles. The van der Waals surface area contributed by atoms with Crippen LogP contribution >= 0.6 is 0 Å². The first kappa shape index (κ1) is 18.4. The molecule has 8 heteroatoms. The number of hydrogen-bond acceptors (Lipinski definition) is 4. The molecular weight excluding hydrogens is 372 g/mol. The number of fused-ring (bicyclic) bond motifs is 1. The Bertz CT molecular complexity index is 1240. The zero-order valence-corrected chi connectivity index (χ0v) is 16.1. The largest absolute Gasteiger partial charge is 0.316 e. The second-order valence-electron chi connectivity index (χ2n) is 6.82. The molecule has 1 aliphatic heterocycles. The number of carbonyl (C=O) groups is 3. The fraction of sp³-hybridized carbons (Fsp3) is 0.143. The number of nitrogens with one attached hydrogen (secondary N) is 1. The summed E-state index contributed by atoms with van der Waals surface area (Å²) in [5.41, 5.74) is 1.67. The molecule has 0 bridgehead atoms. The minimum absolute atomic E-state index is 0.154. The molecular formula is C21H18N4O4. The Kier molecular flexibility index (Phi) is 4.19. The SMILES string of the molecule is Cc1c(NC(=O)c2ccc3c(c2)C(=O)N(C)C3=O)c(=O)n(-c2ccccc2)n1C. The molecule has 2 heterocycles. The van der Waals surface area contributed by atoms with E-state index in [2.05, 4.69) is 5.32 Å². The molecule has 0 fully saturated rings. The van der Waals surface area contributed by atoms with Crippen molar-refractivity contribution < 1.29 is 14.4 Å². The molecule has 3 aromatic rings. The Morgan fingerprint density at radius 1 is 0.897 bits per heavy atom. The molecule has 0 saturated heterocycles. The van der Waals surface area contributed by atoms with Gasteiger partial charge in [-0.05, 0) is 37.3 Å². The summed E-state index contributed by atoms with van der Waals surface area (Å²) in [6.07, 6.45) is 0. The lowest BCUT2D eigenvalue weighted by Crippen LogP contribution is -2.24. The number of imide groups is 1. The Morgan fingerprint density at radius 3 is 2.24 bits per heavy atom. The monoisotopic (exact) mass is 390 g/mol. The Labute approximate surface area is 166 Å². The highest BCUT2D eigenvalue weighted by atomic mass is 16.2. The van der Waals surface area contributed by atoms with Gasteiger partial charge >= 0.3 is 0 Å². The molecule has 1 aromatic heterocycles. The fourth-order valence-corrected chi connectivity index (χ4v) is 3.40. The van der Waals surface area contributed by atoms with E-state index in [9.17, 15) is 19.2 Å². The summed E-state index contributed by atoms with van der Waals surface area (Å²) in [4.78, 5) is 50.9. The first-order valence-electron chi connectivity index (χ1n) is 8.93. The van der Waals surface area contributed by atoms with Crippen LogP contribution in [0.25, 0.3) is 5.69 Å². The van der Waals surface area contributed by atoms with Crippen molar-refractivity contribution >= 4 is 23.4 Å². The van der Waals surface area contributed by atoms with Gasteiger partial charge in [-0.25, -0.2) is 4.68 Å². The maximum absolute atomic E-state index is 12.9. The van der Waals surface area contributed by atoms with Crippen LogP contribution in [0.1, 0.15) is 36.8 Å². The minimum Gasteiger partial charge on any atom is -0.316 e. The number of aromatic nitrogens is 2. The summed E-state index contributed by atoms with van der Waals surface area (Å²) in [7, 11) is 3.12. The highest BCUT2D eigenvalue weighted by Crippen LogP contribution is 2.23. The van der Waals surface area contributed by atoms with Crippen molar-refractivity contribution in [3.8, 4) is 5.69 Å². The van der Waals surface area contributed by atoms with Crippen LogP contribution in [0.5, 0.6) is 0 Å². The van der Waals surface area contributed by atoms with Gasteiger partial charge in [-0.3, -0.25) is 28.8 Å². The number of hydrogen-bond donors (Lipinski definition) is 1. The molecule has 0 aliphatic carbocycles. The average molecular weight is 390 g/mol. The Morgan fingerprint density at radius 2 is 1.55 bits per heavy atom. The molecule has 0 radical (unpaired) electrons.